The molecule has 2 unspecified atom stereocenters. The van der Waals surface area contributed by atoms with Crippen molar-refractivity contribution in [3.63, 3.8) is 0 Å². The number of aliphatic hydroxyl groups is 2. The van der Waals surface area contributed by atoms with Crippen LogP contribution in [0.1, 0.15) is 6.42 Å². The van der Waals surface area contributed by atoms with Gasteiger partial charge in [0.05, 0.1) is 27.4 Å². The van der Waals surface area contributed by atoms with E-state index in [9.17, 15) is 15.0 Å². The van der Waals surface area contributed by atoms with Crippen molar-refractivity contribution in [2.24, 2.45) is 5.92 Å². The first kappa shape index (κ1) is 17.7. The first-order valence-corrected chi connectivity index (χ1v) is 8.10. The van der Waals surface area contributed by atoms with Gasteiger partial charge in [-0.3, -0.25) is 4.79 Å². The van der Waals surface area contributed by atoms with Gasteiger partial charge in [-0.2, -0.15) is 0 Å². The molecule has 3 rings (SSSR count). The highest BCUT2D eigenvalue weighted by Gasteiger charge is 2.36. The molecule has 0 spiro atoms. The van der Waals surface area contributed by atoms with Gasteiger partial charge >= 0.3 is 0 Å². The number of fused-ring (bicyclic) bond motifs is 1. The van der Waals surface area contributed by atoms with Gasteiger partial charge in [0.25, 0.3) is 0 Å². The van der Waals surface area contributed by atoms with Crippen molar-refractivity contribution in [2.45, 2.75) is 12.5 Å². The number of hydrogen-bond donors (Lipinski definition) is 3. The number of amides is 1. The first-order chi connectivity index (χ1) is 12.5. The second-order valence-electron chi connectivity index (χ2n) is 5.99. The maximum atomic E-state index is 12.4. The van der Waals surface area contributed by atoms with Crippen molar-refractivity contribution in [2.75, 3.05) is 21.3 Å². The van der Waals surface area contributed by atoms with Gasteiger partial charge in [-0.1, -0.05) is 24.3 Å². The number of carbonyl (C=O) groups excluding carboxylic acids is 1. The van der Waals surface area contributed by atoms with Crippen molar-refractivity contribution < 1.29 is 29.2 Å². The fourth-order valence-electron chi connectivity index (χ4n) is 3.32. The summed E-state index contributed by atoms with van der Waals surface area (Å²) in [5.74, 6) is -0.823. The Morgan fingerprint density at radius 2 is 1.73 bits per heavy atom. The summed E-state index contributed by atoms with van der Waals surface area (Å²) in [5.41, 5.74) is 1.04. The molecule has 1 saturated heterocycles. The quantitative estimate of drug-likeness (QED) is 0.667. The summed E-state index contributed by atoms with van der Waals surface area (Å²) in [4.78, 5) is 12.4. The van der Waals surface area contributed by atoms with E-state index in [1.165, 1.54) is 21.3 Å². The molecule has 0 bridgehead atoms. The minimum Gasteiger partial charge on any atom is -0.502 e. The van der Waals surface area contributed by atoms with Crippen LogP contribution in [0.5, 0.6) is 0 Å². The summed E-state index contributed by atoms with van der Waals surface area (Å²) in [5, 5.41) is 23.7. The predicted octanol–water partition coefficient (Wildman–Crippen LogP) is 2.29. The molecule has 1 amide bonds. The second-order valence-corrected chi connectivity index (χ2v) is 5.99. The third-order valence-electron chi connectivity index (χ3n) is 4.59. The van der Waals surface area contributed by atoms with Gasteiger partial charge in [0.1, 0.15) is 5.76 Å². The van der Waals surface area contributed by atoms with Crippen LogP contribution >= 0.6 is 0 Å². The summed E-state index contributed by atoms with van der Waals surface area (Å²) in [6, 6.07) is -0.0966. The SMILES string of the molecule is COC1=C(O)C(OC)=C(O)C(OC)=C(/C=C2/C(=O)NC3C=CC=CC23)C1. The topological polar surface area (TPSA) is 97.2 Å². The number of carbonyl (C=O) groups is 1. The van der Waals surface area contributed by atoms with E-state index < -0.39 is 0 Å². The molecule has 0 aromatic heterocycles. The Bertz CT molecular complexity index is 812. The lowest BCUT2D eigenvalue weighted by Gasteiger charge is -2.15. The van der Waals surface area contributed by atoms with Crippen LogP contribution in [0.25, 0.3) is 0 Å². The summed E-state index contributed by atoms with van der Waals surface area (Å²) < 4.78 is 15.7. The molecular formula is C19H21NO6. The van der Waals surface area contributed by atoms with E-state index in [0.717, 1.165) is 0 Å². The van der Waals surface area contributed by atoms with Gasteiger partial charge in [-0.25, -0.2) is 0 Å². The molecule has 0 saturated carbocycles. The molecule has 0 radical (unpaired) electrons. The second kappa shape index (κ2) is 7.03. The van der Waals surface area contributed by atoms with Crippen molar-refractivity contribution in [3.8, 4) is 0 Å². The molecule has 7 nitrogen and oxygen atoms in total. The van der Waals surface area contributed by atoms with Crippen LogP contribution in [-0.2, 0) is 19.0 Å². The first-order valence-electron chi connectivity index (χ1n) is 8.10. The van der Waals surface area contributed by atoms with Crippen LogP contribution < -0.4 is 5.32 Å². The summed E-state index contributed by atoms with van der Waals surface area (Å²) >= 11 is 0. The monoisotopic (exact) mass is 359 g/mol. The Kier molecular flexibility index (Phi) is 4.79. The molecule has 1 aliphatic heterocycles. The van der Waals surface area contributed by atoms with E-state index in [1.54, 1.807) is 6.08 Å². The number of ether oxygens (including phenoxy) is 3. The van der Waals surface area contributed by atoms with Gasteiger partial charge in [-0.05, 0) is 6.08 Å². The number of methoxy groups -OCH3 is 3. The average Bonchev–Trinajstić information content (AvgIpc) is 2.90. The van der Waals surface area contributed by atoms with Crippen LogP contribution in [-0.4, -0.2) is 43.5 Å². The van der Waals surface area contributed by atoms with Gasteiger partial charge in [0.2, 0.25) is 23.2 Å². The zero-order valence-electron chi connectivity index (χ0n) is 14.8. The molecule has 7 heteroatoms. The molecule has 138 valence electrons. The molecule has 3 aliphatic rings. The van der Waals surface area contributed by atoms with E-state index in [-0.39, 0.29) is 53.1 Å². The number of aliphatic hydroxyl groups excluding tert-OH is 2. The lowest BCUT2D eigenvalue weighted by molar-refractivity contribution is -0.116. The van der Waals surface area contributed by atoms with E-state index in [0.29, 0.717) is 11.1 Å². The lowest BCUT2D eigenvalue weighted by atomic mass is 9.90. The van der Waals surface area contributed by atoms with Gasteiger partial charge in [0.15, 0.2) is 5.76 Å². The third kappa shape index (κ3) is 2.85. The highest BCUT2D eigenvalue weighted by molar-refractivity contribution is 5.98. The van der Waals surface area contributed by atoms with Crippen LogP contribution in [0.15, 0.2) is 70.3 Å². The standard InChI is InChI=1S/C19H21NO6/c1-24-14-9-10(17(25-2)16(22)18(26-3)15(14)21)8-12-11-6-4-5-7-13(11)20-19(12)23/h4-8,11,13,21-22H,9H2,1-3H3,(H,20,23)/b12-8+. The highest BCUT2D eigenvalue weighted by Crippen LogP contribution is 2.35. The Morgan fingerprint density at radius 3 is 2.38 bits per heavy atom. The number of hydrogen-bond acceptors (Lipinski definition) is 6. The van der Waals surface area contributed by atoms with Crippen LogP contribution in [0.3, 0.4) is 0 Å². The number of allylic oxidation sites excluding steroid dienone is 4. The van der Waals surface area contributed by atoms with E-state index in [4.69, 9.17) is 14.2 Å². The minimum absolute atomic E-state index is 0.0966. The molecule has 26 heavy (non-hydrogen) atoms. The molecule has 0 aromatic carbocycles. The Labute approximate surface area is 151 Å². The molecular weight excluding hydrogens is 338 g/mol. The van der Waals surface area contributed by atoms with Crippen molar-refractivity contribution in [1.82, 2.24) is 5.32 Å². The fraction of sp³-hybridized carbons (Fsp3) is 0.316. The van der Waals surface area contributed by atoms with E-state index >= 15 is 0 Å². The fourth-order valence-corrected chi connectivity index (χ4v) is 3.32. The largest absolute Gasteiger partial charge is 0.502 e. The average molecular weight is 359 g/mol. The Balaban J connectivity index is 2.13. The third-order valence-corrected chi connectivity index (χ3v) is 4.59. The number of nitrogens with one attached hydrogen (secondary N) is 1. The van der Waals surface area contributed by atoms with Gasteiger partial charge < -0.3 is 29.7 Å². The molecule has 0 aromatic rings. The summed E-state index contributed by atoms with van der Waals surface area (Å²) in [7, 11) is 4.12. The summed E-state index contributed by atoms with van der Waals surface area (Å²) in [6.07, 6.45) is 9.44. The molecule has 1 heterocycles. The van der Waals surface area contributed by atoms with Gasteiger partial charge in [0, 0.05) is 23.5 Å². The predicted molar refractivity (Wildman–Crippen MR) is 93.8 cm³/mol. The van der Waals surface area contributed by atoms with Crippen molar-refractivity contribution in [1.29, 1.82) is 0 Å². The molecule has 2 atom stereocenters. The van der Waals surface area contributed by atoms with Crippen molar-refractivity contribution >= 4 is 5.91 Å². The Morgan fingerprint density at radius 1 is 1.04 bits per heavy atom. The van der Waals surface area contributed by atoms with Crippen LogP contribution in [0.2, 0.25) is 0 Å². The number of rotatable bonds is 4. The Hall–Kier alpha value is -3.09. The normalized spacial score (nSPS) is 26.9. The van der Waals surface area contributed by atoms with E-state index in [2.05, 4.69) is 5.32 Å². The maximum absolute atomic E-state index is 12.4. The van der Waals surface area contributed by atoms with Crippen LogP contribution in [0, 0.1) is 5.92 Å². The highest BCUT2D eigenvalue weighted by atomic mass is 16.5. The zero-order valence-corrected chi connectivity index (χ0v) is 14.8. The smallest absolute Gasteiger partial charge is 0.248 e. The molecule has 3 N–H and O–H groups in total. The molecule has 2 aliphatic carbocycles. The van der Waals surface area contributed by atoms with Crippen LogP contribution in [0.4, 0.5) is 0 Å². The van der Waals surface area contributed by atoms with Crippen molar-refractivity contribution in [3.05, 3.63) is 70.3 Å². The zero-order chi connectivity index (χ0) is 18.8. The van der Waals surface area contributed by atoms with Gasteiger partial charge in [-0.15, -0.1) is 0 Å². The summed E-state index contributed by atoms with van der Waals surface area (Å²) in [6.45, 7) is 0. The van der Waals surface area contributed by atoms with E-state index in [1.807, 2.05) is 24.3 Å². The lowest BCUT2D eigenvalue weighted by Crippen LogP contribution is -2.26. The maximum Gasteiger partial charge on any atom is 0.248 e. The molecule has 1 fully saturated rings. The minimum atomic E-state index is -0.361.